The van der Waals surface area contributed by atoms with Gasteiger partial charge in [0.05, 0.1) is 24.1 Å². The molecule has 1 heterocycles. The third-order valence-electron chi connectivity index (χ3n) is 4.49. The van der Waals surface area contributed by atoms with E-state index in [-0.39, 0.29) is 0 Å². The van der Waals surface area contributed by atoms with Gasteiger partial charge in [-0.1, -0.05) is 40.7 Å². The zero-order valence-electron chi connectivity index (χ0n) is 15.9. The molecule has 1 aromatic carbocycles. The second-order valence-corrected chi connectivity index (χ2v) is 7.53. The highest BCUT2D eigenvalue weighted by atomic mass is 79.9. The topological polar surface area (TPSA) is 82.2 Å². The number of nitrogens with two attached hydrogens (primary N) is 1. The van der Waals surface area contributed by atoms with E-state index in [9.17, 15) is 4.79 Å². The zero-order valence-corrected chi connectivity index (χ0v) is 17.5. The molecule has 0 unspecified atom stereocenters. The van der Waals surface area contributed by atoms with Gasteiger partial charge in [-0.05, 0) is 43.5 Å². The predicted octanol–water partition coefficient (Wildman–Crippen LogP) is 4.94. The van der Waals surface area contributed by atoms with E-state index >= 15 is 0 Å². The lowest BCUT2D eigenvalue weighted by Crippen LogP contribution is -2.14. The summed E-state index contributed by atoms with van der Waals surface area (Å²) >= 11 is 3.40. The maximum Gasteiger partial charge on any atom is 0.340 e. The van der Waals surface area contributed by atoms with Crippen molar-refractivity contribution in [2.75, 3.05) is 12.4 Å². The fraction of sp³-hybridized carbons (Fsp3) is 0.238. The highest BCUT2D eigenvalue weighted by Crippen LogP contribution is 2.41. The Bertz CT molecular complexity index is 971. The van der Waals surface area contributed by atoms with Crippen LogP contribution in [0.25, 0.3) is 5.82 Å². The van der Waals surface area contributed by atoms with Gasteiger partial charge in [0.1, 0.15) is 11.6 Å². The Balaban J connectivity index is 2.04. The van der Waals surface area contributed by atoms with Gasteiger partial charge in [-0.3, -0.25) is 0 Å². The van der Waals surface area contributed by atoms with E-state index in [1.807, 2.05) is 37.3 Å². The summed E-state index contributed by atoms with van der Waals surface area (Å²) in [5.41, 5.74) is 9.25. The van der Waals surface area contributed by atoms with Crippen molar-refractivity contribution in [3.63, 3.8) is 0 Å². The van der Waals surface area contributed by atoms with Crippen LogP contribution in [-0.4, -0.2) is 22.9 Å². The van der Waals surface area contributed by atoms with Gasteiger partial charge in [-0.2, -0.15) is 5.10 Å². The van der Waals surface area contributed by atoms with E-state index in [2.05, 4.69) is 27.8 Å². The van der Waals surface area contributed by atoms with Crippen LogP contribution in [0.3, 0.4) is 0 Å². The van der Waals surface area contributed by atoms with Crippen molar-refractivity contribution in [3.8, 4) is 0 Å². The number of hydrogen-bond donors (Lipinski definition) is 2. The van der Waals surface area contributed by atoms with Crippen molar-refractivity contribution in [2.24, 2.45) is 5.73 Å². The van der Waals surface area contributed by atoms with Gasteiger partial charge in [-0.15, -0.1) is 0 Å². The lowest BCUT2D eigenvalue weighted by atomic mass is 10.2. The standard InChI is InChI=1S/C21H23BrN4O2/c1-4-5-6-13(2)20(23)26-19(12-18(25-26)14-7-8-14)24-17-10-9-15(22)11-16(17)21(27)28-3/h4-6,9-12,14,24H,1,7-8,23H2,2-3H3/b6-5-,20-13+. The number of benzene rings is 1. The summed E-state index contributed by atoms with van der Waals surface area (Å²) in [6.45, 7) is 5.60. The van der Waals surface area contributed by atoms with Crippen LogP contribution in [-0.2, 0) is 4.74 Å². The van der Waals surface area contributed by atoms with Crippen molar-refractivity contribution in [3.05, 3.63) is 70.4 Å². The summed E-state index contributed by atoms with van der Waals surface area (Å²) in [6, 6.07) is 7.37. The minimum absolute atomic E-state index is 0.420. The molecule has 1 aliphatic carbocycles. The van der Waals surface area contributed by atoms with Crippen LogP contribution in [0.15, 0.2) is 59.1 Å². The molecule has 1 saturated carbocycles. The molecule has 2 aromatic rings. The van der Waals surface area contributed by atoms with Gasteiger partial charge in [0, 0.05) is 16.5 Å². The highest BCUT2D eigenvalue weighted by Gasteiger charge is 2.28. The zero-order chi connectivity index (χ0) is 20.3. The average Bonchev–Trinajstić information content (AvgIpc) is 3.46. The first-order valence-corrected chi connectivity index (χ1v) is 9.74. The van der Waals surface area contributed by atoms with Crippen molar-refractivity contribution in [2.45, 2.75) is 25.7 Å². The number of methoxy groups -OCH3 is 1. The fourth-order valence-corrected chi connectivity index (χ4v) is 3.12. The number of allylic oxidation sites excluding steroid dienone is 4. The quantitative estimate of drug-likeness (QED) is 0.468. The summed E-state index contributed by atoms with van der Waals surface area (Å²) in [4.78, 5) is 12.2. The molecule has 0 radical (unpaired) electrons. The van der Waals surface area contributed by atoms with Gasteiger partial charge in [0.25, 0.3) is 0 Å². The molecule has 0 aliphatic heterocycles. The first-order chi connectivity index (χ1) is 13.4. The van der Waals surface area contributed by atoms with E-state index in [1.54, 1.807) is 16.8 Å². The number of rotatable bonds is 7. The summed E-state index contributed by atoms with van der Waals surface area (Å²) in [5.74, 6) is 1.23. The van der Waals surface area contributed by atoms with Crippen LogP contribution in [0.1, 0.15) is 41.7 Å². The number of nitrogens with one attached hydrogen (secondary N) is 1. The van der Waals surface area contributed by atoms with E-state index in [0.717, 1.165) is 28.6 Å². The monoisotopic (exact) mass is 442 g/mol. The van der Waals surface area contributed by atoms with Gasteiger partial charge < -0.3 is 15.8 Å². The molecule has 0 bridgehead atoms. The van der Waals surface area contributed by atoms with Gasteiger partial charge in [-0.25, -0.2) is 9.48 Å². The van der Waals surface area contributed by atoms with Crippen LogP contribution < -0.4 is 11.1 Å². The lowest BCUT2D eigenvalue weighted by molar-refractivity contribution is 0.0602. The normalized spacial score (nSPS) is 14.7. The van der Waals surface area contributed by atoms with Gasteiger partial charge in [0.2, 0.25) is 0 Å². The molecule has 6 nitrogen and oxygen atoms in total. The number of halogens is 1. The van der Waals surface area contributed by atoms with E-state index in [0.29, 0.717) is 28.8 Å². The van der Waals surface area contributed by atoms with Gasteiger partial charge in [0.15, 0.2) is 0 Å². The molecular weight excluding hydrogens is 420 g/mol. The number of nitrogens with zero attached hydrogens (tertiary/aromatic N) is 2. The Morgan fingerprint density at radius 2 is 2.18 bits per heavy atom. The van der Waals surface area contributed by atoms with Crippen molar-refractivity contribution in [1.29, 1.82) is 0 Å². The SMILES string of the molecule is C=C/C=C\C(C)=C(/N)n1nc(C2CC2)cc1Nc1ccc(Br)cc1C(=O)OC. The number of carbonyl (C=O) groups excluding carboxylic acids is 1. The average molecular weight is 443 g/mol. The summed E-state index contributed by atoms with van der Waals surface area (Å²) in [6.07, 6.45) is 7.65. The van der Waals surface area contributed by atoms with Gasteiger partial charge >= 0.3 is 5.97 Å². The Hall–Kier alpha value is -2.80. The molecule has 0 amide bonds. The van der Waals surface area contributed by atoms with Crippen LogP contribution in [0.4, 0.5) is 11.5 Å². The minimum atomic E-state index is -0.425. The van der Waals surface area contributed by atoms with Crippen LogP contribution in [0, 0.1) is 0 Å². The number of anilines is 2. The predicted molar refractivity (Wildman–Crippen MR) is 115 cm³/mol. The summed E-state index contributed by atoms with van der Waals surface area (Å²) in [7, 11) is 1.36. The third kappa shape index (κ3) is 4.36. The van der Waals surface area contributed by atoms with Crippen molar-refractivity contribution < 1.29 is 9.53 Å². The molecule has 0 saturated heterocycles. The molecule has 1 fully saturated rings. The summed E-state index contributed by atoms with van der Waals surface area (Å²) in [5, 5.41) is 7.99. The van der Waals surface area contributed by atoms with Crippen LogP contribution >= 0.6 is 15.9 Å². The number of ether oxygens (including phenoxy) is 1. The van der Waals surface area contributed by atoms with Crippen molar-refractivity contribution >= 4 is 39.2 Å². The fourth-order valence-electron chi connectivity index (χ4n) is 2.76. The first-order valence-electron chi connectivity index (χ1n) is 8.95. The Morgan fingerprint density at radius 1 is 1.43 bits per heavy atom. The second-order valence-electron chi connectivity index (χ2n) is 6.61. The summed E-state index contributed by atoms with van der Waals surface area (Å²) < 4.78 is 7.38. The molecule has 146 valence electrons. The Labute approximate surface area is 172 Å². The largest absolute Gasteiger partial charge is 0.465 e. The Kier molecular flexibility index (Phi) is 6.04. The van der Waals surface area contributed by atoms with E-state index in [4.69, 9.17) is 15.6 Å². The molecule has 28 heavy (non-hydrogen) atoms. The van der Waals surface area contributed by atoms with E-state index in [1.165, 1.54) is 7.11 Å². The Morgan fingerprint density at radius 3 is 2.82 bits per heavy atom. The maximum absolute atomic E-state index is 12.2. The first kappa shape index (κ1) is 19.9. The number of esters is 1. The molecule has 3 N–H and O–H groups in total. The maximum atomic E-state index is 12.2. The number of carbonyl (C=O) groups is 1. The third-order valence-corrected chi connectivity index (χ3v) is 4.98. The molecular formula is C21H23BrN4O2. The minimum Gasteiger partial charge on any atom is -0.465 e. The molecule has 1 aromatic heterocycles. The smallest absolute Gasteiger partial charge is 0.340 e. The molecule has 3 rings (SSSR count). The number of hydrogen-bond acceptors (Lipinski definition) is 5. The molecule has 1 aliphatic rings. The number of aromatic nitrogens is 2. The lowest BCUT2D eigenvalue weighted by Gasteiger charge is -2.14. The van der Waals surface area contributed by atoms with Crippen LogP contribution in [0.5, 0.6) is 0 Å². The molecule has 0 spiro atoms. The van der Waals surface area contributed by atoms with Crippen LogP contribution in [0.2, 0.25) is 0 Å². The van der Waals surface area contributed by atoms with Crippen molar-refractivity contribution in [1.82, 2.24) is 9.78 Å². The highest BCUT2D eigenvalue weighted by molar-refractivity contribution is 9.10. The van der Waals surface area contributed by atoms with E-state index < -0.39 is 5.97 Å². The molecule has 7 heteroatoms. The second kappa shape index (κ2) is 8.48. The molecule has 0 atom stereocenters.